The van der Waals surface area contributed by atoms with Crippen molar-refractivity contribution in [1.29, 1.82) is 0 Å². The van der Waals surface area contributed by atoms with Gasteiger partial charge in [-0.2, -0.15) is 0 Å². The molecule has 3 rings (SSSR count). The van der Waals surface area contributed by atoms with Crippen LogP contribution in [0.5, 0.6) is 17.2 Å². The highest BCUT2D eigenvalue weighted by atomic mass is 16.5. The quantitative estimate of drug-likeness (QED) is 0.897. The molecule has 1 N–H and O–H groups in total. The molecule has 1 atom stereocenters. The van der Waals surface area contributed by atoms with Crippen LogP contribution in [0, 0.1) is 0 Å². The van der Waals surface area contributed by atoms with Crippen LogP contribution in [0.2, 0.25) is 0 Å². The van der Waals surface area contributed by atoms with E-state index >= 15 is 0 Å². The molecule has 1 unspecified atom stereocenters. The van der Waals surface area contributed by atoms with Crippen molar-refractivity contribution in [2.75, 3.05) is 7.11 Å². The molecule has 1 aliphatic heterocycles. The van der Waals surface area contributed by atoms with Crippen LogP contribution in [-0.2, 0) is 4.79 Å². The Hall–Kier alpha value is -2.49. The van der Waals surface area contributed by atoms with Gasteiger partial charge in [-0.1, -0.05) is 18.2 Å². The van der Waals surface area contributed by atoms with Gasteiger partial charge in [0.15, 0.2) is 0 Å². The number of hydrogen-bond acceptors (Lipinski definition) is 3. The van der Waals surface area contributed by atoms with Gasteiger partial charge in [-0.15, -0.1) is 0 Å². The zero-order chi connectivity index (χ0) is 13.4. The first-order valence-corrected chi connectivity index (χ1v) is 5.88. The van der Waals surface area contributed by atoms with Crippen molar-refractivity contribution >= 4 is 5.97 Å². The highest BCUT2D eigenvalue weighted by molar-refractivity contribution is 5.84. The molecule has 2 aromatic carbocycles. The summed E-state index contributed by atoms with van der Waals surface area (Å²) in [5.74, 6) is 0.146. The van der Waals surface area contributed by atoms with Gasteiger partial charge in [0.1, 0.15) is 23.2 Å². The molecule has 19 heavy (non-hydrogen) atoms. The van der Waals surface area contributed by atoms with Gasteiger partial charge in [0.05, 0.1) is 7.11 Å². The maximum Gasteiger partial charge on any atom is 0.315 e. The minimum Gasteiger partial charge on any atom is -0.497 e. The van der Waals surface area contributed by atoms with E-state index in [-0.39, 0.29) is 0 Å². The Balaban J connectivity index is 2.21. The van der Waals surface area contributed by atoms with Gasteiger partial charge in [-0.25, -0.2) is 0 Å². The van der Waals surface area contributed by atoms with Crippen LogP contribution in [0.15, 0.2) is 42.5 Å². The third-order valence-corrected chi connectivity index (χ3v) is 3.22. The summed E-state index contributed by atoms with van der Waals surface area (Å²) in [6, 6.07) is 12.4. The van der Waals surface area contributed by atoms with Crippen LogP contribution in [0.25, 0.3) is 0 Å². The Kier molecular flexibility index (Phi) is 2.63. The summed E-state index contributed by atoms with van der Waals surface area (Å²) in [6.45, 7) is 0. The fraction of sp³-hybridized carbons (Fsp3) is 0.133. The van der Waals surface area contributed by atoms with E-state index < -0.39 is 11.9 Å². The molecule has 0 aliphatic carbocycles. The number of carboxylic acid groups (broad SMARTS) is 1. The van der Waals surface area contributed by atoms with E-state index in [1.165, 1.54) is 0 Å². The van der Waals surface area contributed by atoms with E-state index in [0.29, 0.717) is 28.4 Å². The van der Waals surface area contributed by atoms with Gasteiger partial charge in [0, 0.05) is 11.1 Å². The summed E-state index contributed by atoms with van der Waals surface area (Å²) in [7, 11) is 1.55. The standard InChI is InChI=1S/C15H12O4/c1-18-9-6-7-13-11(8-9)14(15(16)17)10-4-2-3-5-12(10)19-13/h2-8,14H,1H3,(H,16,17). The van der Waals surface area contributed by atoms with Crippen molar-refractivity contribution in [2.24, 2.45) is 0 Å². The second kappa shape index (κ2) is 4.31. The Labute approximate surface area is 110 Å². The molecule has 0 fully saturated rings. The number of carboxylic acids is 1. The number of aliphatic carboxylic acids is 1. The van der Waals surface area contributed by atoms with Crippen LogP contribution in [0.4, 0.5) is 0 Å². The van der Waals surface area contributed by atoms with Gasteiger partial charge in [0.25, 0.3) is 0 Å². The van der Waals surface area contributed by atoms with Crippen molar-refractivity contribution < 1.29 is 19.4 Å². The lowest BCUT2D eigenvalue weighted by atomic mass is 9.88. The second-order valence-electron chi connectivity index (χ2n) is 4.31. The predicted molar refractivity (Wildman–Crippen MR) is 69.0 cm³/mol. The fourth-order valence-corrected chi connectivity index (χ4v) is 2.34. The Morgan fingerprint density at radius 2 is 1.89 bits per heavy atom. The topological polar surface area (TPSA) is 55.8 Å². The van der Waals surface area contributed by atoms with E-state index in [2.05, 4.69) is 0 Å². The lowest BCUT2D eigenvalue weighted by Gasteiger charge is -2.25. The molecule has 0 saturated heterocycles. The zero-order valence-electron chi connectivity index (χ0n) is 10.3. The number of rotatable bonds is 2. The molecule has 2 aromatic rings. The average molecular weight is 256 g/mol. The van der Waals surface area contributed by atoms with Crippen molar-refractivity contribution in [3.63, 3.8) is 0 Å². The maximum atomic E-state index is 11.6. The maximum absolute atomic E-state index is 11.6. The third-order valence-electron chi connectivity index (χ3n) is 3.22. The van der Waals surface area contributed by atoms with Crippen molar-refractivity contribution in [3.05, 3.63) is 53.6 Å². The minimum absolute atomic E-state index is 0.562. The summed E-state index contributed by atoms with van der Waals surface area (Å²) in [5, 5.41) is 9.50. The number of methoxy groups -OCH3 is 1. The summed E-state index contributed by atoms with van der Waals surface area (Å²) in [6.07, 6.45) is 0. The number of hydrogen-bond donors (Lipinski definition) is 1. The molecule has 0 radical (unpaired) electrons. The molecule has 1 aliphatic rings. The molecule has 0 bridgehead atoms. The van der Waals surface area contributed by atoms with E-state index in [0.717, 1.165) is 0 Å². The first-order valence-electron chi connectivity index (χ1n) is 5.88. The molecule has 96 valence electrons. The highest BCUT2D eigenvalue weighted by Gasteiger charge is 2.32. The Morgan fingerprint density at radius 1 is 1.16 bits per heavy atom. The lowest BCUT2D eigenvalue weighted by molar-refractivity contribution is -0.137. The van der Waals surface area contributed by atoms with Gasteiger partial charge >= 0.3 is 5.97 Å². The first kappa shape index (κ1) is 11.6. The van der Waals surface area contributed by atoms with E-state index in [1.54, 1.807) is 37.4 Å². The Morgan fingerprint density at radius 3 is 2.63 bits per heavy atom. The van der Waals surface area contributed by atoms with Gasteiger partial charge in [-0.3, -0.25) is 4.79 Å². The molecule has 0 aromatic heterocycles. The van der Waals surface area contributed by atoms with E-state index in [1.807, 2.05) is 12.1 Å². The summed E-state index contributed by atoms with van der Waals surface area (Å²) in [5.41, 5.74) is 1.28. The van der Waals surface area contributed by atoms with Crippen molar-refractivity contribution in [1.82, 2.24) is 0 Å². The summed E-state index contributed by atoms with van der Waals surface area (Å²) in [4.78, 5) is 11.6. The molecule has 0 saturated carbocycles. The SMILES string of the molecule is COc1ccc2c(c1)C(C(=O)O)c1ccccc1O2. The number of para-hydroxylation sites is 1. The van der Waals surface area contributed by atoms with Crippen LogP contribution in [0.3, 0.4) is 0 Å². The molecule has 0 amide bonds. The van der Waals surface area contributed by atoms with Crippen LogP contribution in [0.1, 0.15) is 17.0 Å². The Bertz CT molecular complexity index is 648. The minimum atomic E-state index is -0.898. The smallest absolute Gasteiger partial charge is 0.315 e. The van der Waals surface area contributed by atoms with E-state index in [4.69, 9.17) is 9.47 Å². The molecular weight excluding hydrogens is 244 g/mol. The number of carbonyl (C=O) groups is 1. The predicted octanol–water partition coefficient (Wildman–Crippen LogP) is 3.02. The van der Waals surface area contributed by atoms with Crippen LogP contribution < -0.4 is 9.47 Å². The van der Waals surface area contributed by atoms with Gasteiger partial charge in [0.2, 0.25) is 0 Å². The average Bonchev–Trinajstić information content (AvgIpc) is 2.43. The van der Waals surface area contributed by atoms with E-state index in [9.17, 15) is 9.90 Å². The van der Waals surface area contributed by atoms with Crippen molar-refractivity contribution in [2.45, 2.75) is 5.92 Å². The molecule has 4 nitrogen and oxygen atoms in total. The third kappa shape index (κ3) is 1.81. The molecule has 4 heteroatoms. The number of fused-ring (bicyclic) bond motifs is 2. The summed E-state index contributed by atoms with van der Waals surface area (Å²) >= 11 is 0. The fourth-order valence-electron chi connectivity index (χ4n) is 2.34. The number of benzene rings is 2. The monoisotopic (exact) mass is 256 g/mol. The lowest BCUT2D eigenvalue weighted by Crippen LogP contribution is -2.18. The number of ether oxygens (including phenoxy) is 2. The van der Waals surface area contributed by atoms with Crippen LogP contribution >= 0.6 is 0 Å². The normalized spacial score (nSPS) is 15.9. The molecule has 0 spiro atoms. The highest BCUT2D eigenvalue weighted by Crippen LogP contribution is 2.45. The first-order chi connectivity index (χ1) is 9.20. The van der Waals surface area contributed by atoms with Gasteiger partial charge in [-0.05, 0) is 24.3 Å². The second-order valence-corrected chi connectivity index (χ2v) is 4.31. The van der Waals surface area contributed by atoms with Crippen LogP contribution in [-0.4, -0.2) is 18.2 Å². The molecule has 1 heterocycles. The summed E-state index contributed by atoms with van der Waals surface area (Å²) < 4.78 is 10.9. The van der Waals surface area contributed by atoms with Gasteiger partial charge < -0.3 is 14.6 Å². The van der Waals surface area contributed by atoms with Crippen molar-refractivity contribution in [3.8, 4) is 17.2 Å². The zero-order valence-corrected chi connectivity index (χ0v) is 10.3. The largest absolute Gasteiger partial charge is 0.497 e. The molecular formula is C15H12O4.